The molecule has 0 N–H and O–H groups in total. The highest BCUT2D eigenvalue weighted by Crippen LogP contribution is 2.38. The molecule has 0 unspecified atom stereocenters. The number of hydrogen-bond acceptors (Lipinski definition) is 1. The quantitative estimate of drug-likeness (QED) is 0.545. The van der Waals surface area contributed by atoms with Crippen LogP contribution in [0.15, 0.2) is 71.5 Å². The van der Waals surface area contributed by atoms with Crippen LogP contribution in [0.25, 0.3) is 16.1 Å². The van der Waals surface area contributed by atoms with Crippen LogP contribution < -0.4 is 5.56 Å². The van der Waals surface area contributed by atoms with Crippen molar-refractivity contribution in [2.45, 2.75) is 19.1 Å². The molecule has 136 valence electrons. The molecular formula is C21H15F3N2O. The van der Waals surface area contributed by atoms with E-state index in [9.17, 15) is 18.0 Å². The maximum atomic E-state index is 13.5. The van der Waals surface area contributed by atoms with E-state index in [1.165, 1.54) is 4.57 Å². The third kappa shape index (κ3) is 3.49. The number of aromatic nitrogens is 1. The summed E-state index contributed by atoms with van der Waals surface area (Å²) in [6, 6.07) is 17.7. The van der Waals surface area contributed by atoms with E-state index in [1.807, 2.05) is 6.07 Å². The van der Waals surface area contributed by atoms with Crippen LogP contribution in [-0.2, 0) is 6.18 Å². The van der Waals surface area contributed by atoms with Gasteiger partial charge >= 0.3 is 6.18 Å². The number of rotatable bonds is 3. The summed E-state index contributed by atoms with van der Waals surface area (Å²) in [5, 5.41) is 0. The first-order valence-electron chi connectivity index (χ1n) is 8.19. The molecule has 2 aromatic carbocycles. The smallest absolute Gasteiger partial charge is 0.310 e. The molecule has 1 aromatic heterocycles. The van der Waals surface area contributed by atoms with Gasteiger partial charge in [-0.3, -0.25) is 4.79 Å². The van der Waals surface area contributed by atoms with Gasteiger partial charge in [-0.15, -0.1) is 0 Å². The van der Waals surface area contributed by atoms with Crippen molar-refractivity contribution in [2.75, 3.05) is 0 Å². The van der Waals surface area contributed by atoms with Gasteiger partial charge in [-0.05, 0) is 24.1 Å². The normalized spacial score (nSPS) is 12.4. The second kappa shape index (κ2) is 7.12. The zero-order chi connectivity index (χ0) is 19.6. The van der Waals surface area contributed by atoms with Crippen molar-refractivity contribution in [3.8, 4) is 11.3 Å². The highest BCUT2D eigenvalue weighted by Gasteiger charge is 2.37. The van der Waals surface area contributed by atoms with Gasteiger partial charge in [-0.25, -0.2) is 4.85 Å². The Morgan fingerprint density at radius 2 is 1.56 bits per heavy atom. The Balaban J connectivity index is 2.38. The molecule has 27 heavy (non-hydrogen) atoms. The summed E-state index contributed by atoms with van der Waals surface area (Å²) in [7, 11) is 0. The largest absolute Gasteiger partial charge is 0.407 e. The standard InChI is InChI=1S/C21H15F3N2O/c1-14(15-9-5-3-6-10-15)26-18(16-11-7-4-8-12-16)13-17(21(22,23)24)19(25-2)20(26)27/h3-14H,1H3/t14-/m0/s1. The van der Waals surface area contributed by atoms with Gasteiger partial charge in [0.1, 0.15) is 0 Å². The average molecular weight is 368 g/mol. The van der Waals surface area contributed by atoms with Gasteiger partial charge in [-0.2, -0.15) is 13.2 Å². The van der Waals surface area contributed by atoms with Gasteiger partial charge in [0.2, 0.25) is 0 Å². The second-order valence-electron chi connectivity index (χ2n) is 6.03. The first-order chi connectivity index (χ1) is 12.8. The minimum Gasteiger partial charge on any atom is -0.310 e. The minimum atomic E-state index is -4.79. The Morgan fingerprint density at radius 3 is 2.07 bits per heavy atom. The number of nitrogens with zero attached hydrogens (tertiary/aromatic N) is 2. The Morgan fingerprint density at radius 1 is 1.00 bits per heavy atom. The lowest BCUT2D eigenvalue weighted by Crippen LogP contribution is -2.27. The average Bonchev–Trinajstić information content (AvgIpc) is 2.67. The van der Waals surface area contributed by atoms with Crippen LogP contribution in [0, 0.1) is 6.57 Å². The fourth-order valence-electron chi connectivity index (χ4n) is 3.03. The van der Waals surface area contributed by atoms with Crippen molar-refractivity contribution in [3.63, 3.8) is 0 Å². The second-order valence-corrected chi connectivity index (χ2v) is 6.03. The van der Waals surface area contributed by atoms with Crippen LogP contribution in [-0.4, -0.2) is 4.57 Å². The predicted octanol–water partition coefficient (Wildman–Crippen LogP) is 5.69. The molecule has 0 aliphatic rings. The van der Waals surface area contributed by atoms with E-state index in [0.29, 0.717) is 5.56 Å². The summed E-state index contributed by atoms with van der Waals surface area (Å²) in [6.45, 7) is 8.86. The molecule has 1 atom stereocenters. The molecule has 0 saturated heterocycles. The van der Waals surface area contributed by atoms with Gasteiger partial charge in [0.05, 0.1) is 18.2 Å². The summed E-state index contributed by atoms with van der Waals surface area (Å²) < 4.78 is 41.7. The molecule has 0 spiro atoms. The number of pyridine rings is 1. The fourth-order valence-corrected chi connectivity index (χ4v) is 3.03. The molecule has 0 aliphatic carbocycles. The lowest BCUT2D eigenvalue weighted by atomic mass is 10.0. The summed E-state index contributed by atoms with van der Waals surface area (Å²) in [5.74, 6) is 0. The van der Waals surface area contributed by atoms with Crippen molar-refractivity contribution in [2.24, 2.45) is 0 Å². The number of benzene rings is 2. The lowest BCUT2D eigenvalue weighted by molar-refractivity contribution is -0.136. The third-order valence-corrected chi connectivity index (χ3v) is 4.37. The van der Waals surface area contributed by atoms with Crippen LogP contribution in [0.3, 0.4) is 0 Å². The molecule has 0 fully saturated rings. The van der Waals surface area contributed by atoms with Crippen molar-refractivity contribution >= 4 is 5.69 Å². The Kier molecular flexibility index (Phi) is 4.87. The molecule has 6 heteroatoms. The number of alkyl halides is 3. The van der Waals surface area contributed by atoms with Gasteiger partial charge in [0.15, 0.2) is 0 Å². The molecule has 0 saturated carbocycles. The van der Waals surface area contributed by atoms with Crippen molar-refractivity contribution in [3.05, 3.63) is 99.6 Å². The van der Waals surface area contributed by atoms with E-state index >= 15 is 0 Å². The molecule has 3 rings (SSSR count). The fraction of sp³-hybridized carbons (Fsp3) is 0.143. The number of halogens is 3. The summed E-state index contributed by atoms with van der Waals surface area (Å²) >= 11 is 0. The zero-order valence-electron chi connectivity index (χ0n) is 14.4. The minimum absolute atomic E-state index is 0.122. The highest BCUT2D eigenvalue weighted by atomic mass is 19.4. The molecule has 1 heterocycles. The molecular weight excluding hydrogens is 353 g/mol. The molecule has 0 aliphatic heterocycles. The van der Waals surface area contributed by atoms with Crippen molar-refractivity contribution in [1.82, 2.24) is 4.57 Å². The van der Waals surface area contributed by atoms with Crippen LogP contribution >= 0.6 is 0 Å². The highest BCUT2D eigenvalue weighted by molar-refractivity contribution is 5.66. The van der Waals surface area contributed by atoms with Gasteiger partial charge in [0.25, 0.3) is 11.2 Å². The topological polar surface area (TPSA) is 26.4 Å². The summed E-state index contributed by atoms with van der Waals surface area (Å²) in [5.41, 5.74) is -1.72. The summed E-state index contributed by atoms with van der Waals surface area (Å²) in [6.07, 6.45) is -4.79. The van der Waals surface area contributed by atoms with Crippen LogP contribution in [0.2, 0.25) is 0 Å². The maximum absolute atomic E-state index is 13.5. The first kappa shape index (κ1) is 18.5. The first-order valence-corrected chi connectivity index (χ1v) is 8.19. The van der Waals surface area contributed by atoms with Crippen LogP contribution in [0.1, 0.15) is 24.1 Å². The Labute approximate surface area is 154 Å². The van der Waals surface area contributed by atoms with E-state index in [4.69, 9.17) is 6.57 Å². The van der Waals surface area contributed by atoms with Gasteiger partial charge in [0, 0.05) is 5.69 Å². The van der Waals surface area contributed by atoms with E-state index in [2.05, 4.69) is 4.85 Å². The monoisotopic (exact) mass is 368 g/mol. The van der Waals surface area contributed by atoms with Crippen molar-refractivity contribution < 1.29 is 13.2 Å². The SMILES string of the molecule is [C-]#[N+]c1c(C(F)(F)F)cc(-c2ccccc2)n([C@@H](C)c2ccccc2)c1=O. The Bertz CT molecular complexity index is 1050. The maximum Gasteiger partial charge on any atom is 0.407 e. The van der Waals surface area contributed by atoms with Crippen LogP contribution in [0.5, 0.6) is 0 Å². The Hall–Kier alpha value is -3.33. The van der Waals surface area contributed by atoms with Crippen LogP contribution in [0.4, 0.5) is 18.9 Å². The van der Waals surface area contributed by atoms with E-state index in [1.54, 1.807) is 61.5 Å². The van der Waals surface area contributed by atoms with E-state index < -0.39 is 29.0 Å². The van der Waals surface area contributed by atoms with Gasteiger partial charge in [-0.1, -0.05) is 60.7 Å². The van der Waals surface area contributed by atoms with E-state index in [-0.39, 0.29) is 5.69 Å². The molecule has 3 nitrogen and oxygen atoms in total. The van der Waals surface area contributed by atoms with Crippen molar-refractivity contribution in [1.29, 1.82) is 0 Å². The lowest BCUT2D eigenvalue weighted by Gasteiger charge is -2.23. The predicted molar refractivity (Wildman–Crippen MR) is 97.7 cm³/mol. The third-order valence-electron chi connectivity index (χ3n) is 4.37. The molecule has 0 bridgehead atoms. The molecule has 0 amide bonds. The van der Waals surface area contributed by atoms with Gasteiger partial charge < -0.3 is 4.57 Å². The number of hydrogen-bond donors (Lipinski definition) is 0. The molecule has 0 radical (unpaired) electrons. The zero-order valence-corrected chi connectivity index (χ0v) is 14.4. The summed E-state index contributed by atoms with van der Waals surface area (Å²) in [4.78, 5) is 15.8. The van der Waals surface area contributed by atoms with E-state index in [0.717, 1.165) is 11.6 Å². The molecule has 3 aromatic rings.